The molecule has 1 unspecified atom stereocenters. The number of sulfonamides is 1. The van der Waals surface area contributed by atoms with E-state index in [9.17, 15) is 13.2 Å². The molecule has 2 rings (SSSR count). The first-order chi connectivity index (χ1) is 9.93. The van der Waals surface area contributed by atoms with E-state index in [1.807, 2.05) is 0 Å². The lowest BCUT2D eigenvalue weighted by Crippen LogP contribution is -2.43. The summed E-state index contributed by atoms with van der Waals surface area (Å²) in [5, 5.41) is 0. The largest absolute Gasteiger partial charge is 0.465 e. The maximum atomic E-state index is 12.8. The molecule has 1 aliphatic rings. The number of esters is 1. The Hall–Kier alpha value is -1.44. The summed E-state index contributed by atoms with van der Waals surface area (Å²) >= 11 is 0. The first-order valence-corrected chi connectivity index (χ1v) is 8.23. The Bertz CT molecular complexity index is 626. The van der Waals surface area contributed by atoms with Crippen LogP contribution in [0.3, 0.4) is 0 Å². The highest BCUT2D eigenvalue weighted by Crippen LogP contribution is 2.36. The van der Waals surface area contributed by atoms with Crippen molar-refractivity contribution in [3.05, 3.63) is 29.8 Å². The number of rotatable bonds is 6. The Balaban J connectivity index is 2.41. The molecule has 1 atom stereocenters. The van der Waals surface area contributed by atoms with Crippen LogP contribution in [0.15, 0.2) is 29.2 Å². The number of benzene rings is 1. The molecule has 1 fully saturated rings. The van der Waals surface area contributed by atoms with Gasteiger partial charge in [0, 0.05) is 19.6 Å². The molecule has 0 spiro atoms. The number of likely N-dealkylation sites (N-methyl/N-ethyl adjacent to an activating group) is 1. The van der Waals surface area contributed by atoms with Gasteiger partial charge in [-0.15, -0.1) is 0 Å². The molecule has 1 aliphatic carbocycles. The van der Waals surface area contributed by atoms with Crippen molar-refractivity contribution >= 4 is 16.0 Å². The van der Waals surface area contributed by atoms with Crippen molar-refractivity contribution in [1.29, 1.82) is 0 Å². The van der Waals surface area contributed by atoms with Crippen LogP contribution in [0.25, 0.3) is 0 Å². The number of hydrogen-bond donors (Lipinski definition) is 1. The minimum Gasteiger partial charge on any atom is -0.465 e. The molecule has 7 heteroatoms. The van der Waals surface area contributed by atoms with E-state index in [4.69, 9.17) is 5.73 Å². The molecule has 2 N–H and O–H groups in total. The second-order valence-corrected chi connectivity index (χ2v) is 7.12. The molecule has 0 bridgehead atoms. The van der Waals surface area contributed by atoms with Gasteiger partial charge in [0.25, 0.3) is 0 Å². The number of ether oxygens (including phenoxy) is 1. The lowest BCUT2D eigenvalue weighted by Gasteiger charge is -2.27. The SMILES string of the molecule is COC(=O)c1ccccc1S(=O)(=O)N(C)C(CN)C1CC1. The number of hydrogen-bond acceptors (Lipinski definition) is 5. The molecule has 1 saturated carbocycles. The standard InChI is InChI=1S/C14H20N2O4S/c1-16(12(9-15)10-7-8-10)21(18,19)13-6-4-3-5-11(13)14(17)20-2/h3-6,10,12H,7-9,15H2,1-2H3. The van der Waals surface area contributed by atoms with Crippen molar-refractivity contribution in [3.63, 3.8) is 0 Å². The zero-order valence-electron chi connectivity index (χ0n) is 12.2. The molecule has 0 aromatic heterocycles. The van der Waals surface area contributed by atoms with Crippen molar-refractivity contribution in [1.82, 2.24) is 4.31 Å². The summed E-state index contributed by atoms with van der Waals surface area (Å²) in [6.45, 7) is 0.265. The quantitative estimate of drug-likeness (QED) is 0.786. The summed E-state index contributed by atoms with van der Waals surface area (Å²) in [7, 11) is -1.05. The minimum atomic E-state index is -3.79. The average Bonchev–Trinajstić information content (AvgIpc) is 3.31. The van der Waals surface area contributed by atoms with Gasteiger partial charge in [-0.05, 0) is 30.9 Å². The third kappa shape index (κ3) is 3.09. The van der Waals surface area contributed by atoms with Crippen molar-refractivity contribution in [3.8, 4) is 0 Å². The molecular formula is C14H20N2O4S. The van der Waals surface area contributed by atoms with Gasteiger partial charge in [0.2, 0.25) is 10.0 Å². The van der Waals surface area contributed by atoms with Gasteiger partial charge >= 0.3 is 5.97 Å². The molecule has 6 nitrogen and oxygen atoms in total. The van der Waals surface area contributed by atoms with Crippen LogP contribution >= 0.6 is 0 Å². The average molecular weight is 312 g/mol. The second-order valence-electron chi connectivity index (χ2n) is 5.15. The van der Waals surface area contributed by atoms with Crippen molar-refractivity contribution in [2.45, 2.75) is 23.8 Å². The van der Waals surface area contributed by atoms with Gasteiger partial charge in [-0.2, -0.15) is 4.31 Å². The van der Waals surface area contributed by atoms with Gasteiger partial charge in [-0.3, -0.25) is 0 Å². The molecule has 0 saturated heterocycles. The molecular weight excluding hydrogens is 292 g/mol. The fourth-order valence-corrected chi connectivity index (χ4v) is 4.03. The van der Waals surface area contributed by atoms with E-state index in [0.29, 0.717) is 5.92 Å². The third-order valence-electron chi connectivity index (χ3n) is 3.82. The molecule has 21 heavy (non-hydrogen) atoms. The van der Waals surface area contributed by atoms with E-state index in [-0.39, 0.29) is 23.0 Å². The number of carbonyl (C=O) groups excluding carboxylic acids is 1. The molecule has 1 aromatic carbocycles. The maximum Gasteiger partial charge on any atom is 0.339 e. The molecule has 0 radical (unpaired) electrons. The first kappa shape index (κ1) is 15.9. The zero-order chi connectivity index (χ0) is 15.6. The Morgan fingerprint density at radius 1 is 1.43 bits per heavy atom. The van der Waals surface area contributed by atoms with Gasteiger partial charge in [0.1, 0.15) is 0 Å². The van der Waals surface area contributed by atoms with Crippen LogP contribution in [-0.2, 0) is 14.8 Å². The van der Waals surface area contributed by atoms with E-state index >= 15 is 0 Å². The molecule has 1 aromatic rings. The van der Waals surface area contributed by atoms with E-state index < -0.39 is 16.0 Å². The lowest BCUT2D eigenvalue weighted by atomic mass is 10.2. The topological polar surface area (TPSA) is 89.7 Å². The van der Waals surface area contributed by atoms with E-state index in [1.165, 1.54) is 30.6 Å². The fourth-order valence-electron chi connectivity index (χ4n) is 2.42. The summed E-state index contributed by atoms with van der Waals surface area (Å²) in [5.41, 5.74) is 5.76. The Kier molecular flexibility index (Phi) is 4.65. The highest BCUT2D eigenvalue weighted by molar-refractivity contribution is 7.89. The van der Waals surface area contributed by atoms with Crippen molar-refractivity contribution in [2.75, 3.05) is 20.7 Å². The van der Waals surface area contributed by atoms with Crippen LogP contribution in [0, 0.1) is 5.92 Å². The van der Waals surface area contributed by atoms with E-state index in [1.54, 1.807) is 12.1 Å². The van der Waals surface area contributed by atoms with Crippen LogP contribution in [-0.4, -0.2) is 45.4 Å². The Morgan fingerprint density at radius 2 is 2.05 bits per heavy atom. The summed E-state index contributed by atoms with van der Waals surface area (Å²) in [4.78, 5) is 11.7. The highest BCUT2D eigenvalue weighted by Gasteiger charge is 2.39. The second kappa shape index (κ2) is 6.13. The number of nitrogens with zero attached hydrogens (tertiary/aromatic N) is 1. The predicted molar refractivity (Wildman–Crippen MR) is 78.3 cm³/mol. The number of methoxy groups -OCH3 is 1. The van der Waals surface area contributed by atoms with Crippen LogP contribution in [0.5, 0.6) is 0 Å². The summed E-state index contributed by atoms with van der Waals surface area (Å²) in [6, 6.07) is 5.81. The molecule has 0 heterocycles. The van der Waals surface area contributed by atoms with Gasteiger partial charge in [0.05, 0.1) is 17.6 Å². The van der Waals surface area contributed by atoms with E-state index in [0.717, 1.165) is 12.8 Å². The van der Waals surface area contributed by atoms with Crippen molar-refractivity contribution in [2.24, 2.45) is 11.7 Å². The molecule has 0 amide bonds. The normalized spacial score (nSPS) is 16.8. The zero-order valence-corrected chi connectivity index (χ0v) is 13.0. The van der Waals surface area contributed by atoms with Gasteiger partial charge in [-0.25, -0.2) is 13.2 Å². The van der Waals surface area contributed by atoms with Gasteiger partial charge in [0.15, 0.2) is 0 Å². The summed E-state index contributed by atoms with van der Waals surface area (Å²) in [6.07, 6.45) is 1.97. The minimum absolute atomic E-state index is 0.0402. The monoisotopic (exact) mass is 312 g/mol. The number of carbonyl (C=O) groups is 1. The van der Waals surface area contributed by atoms with Crippen LogP contribution < -0.4 is 5.73 Å². The lowest BCUT2D eigenvalue weighted by molar-refractivity contribution is 0.0596. The summed E-state index contributed by atoms with van der Waals surface area (Å²) in [5.74, 6) is -0.363. The number of nitrogens with two attached hydrogens (primary N) is 1. The third-order valence-corrected chi connectivity index (χ3v) is 5.76. The van der Waals surface area contributed by atoms with Gasteiger partial charge < -0.3 is 10.5 Å². The fraction of sp³-hybridized carbons (Fsp3) is 0.500. The van der Waals surface area contributed by atoms with E-state index in [2.05, 4.69) is 4.74 Å². The van der Waals surface area contributed by atoms with Crippen molar-refractivity contribution < 1.29 is 17.9 Å². The maximum absolute atomic E-state index is 12.8. The molecule has 0 aliphatic heterocycles. The van der Waals surface area contributed by atoms with Gasteiger partial charge in [-0.1, -0.05) is 12.1 Å². The Morgan fingerprint density at radius 3 is 2.57 bits per heavy atom. The van der Waals surface area contributed by atoms with Crippen LogP contribution in [0.1, 0.15) is 23.2 Å². The predicted octanol–water partition coefficient (Wildman–Crippen LogP) is 0.831. The highest BCUT2D eigenvalue weighted by atomic mass is 32.2. The van der Waals surface area contributed by atoms with Crippen LogP contribution in [0.2, 0.25) is 0 Å². The first-order valence-electron chi connectivity index (χ1n) is 6.79. The summed E-state index contributed by atoms with van der Waals surface area (Å²) < 4.78 is 31.5. The Labute approximate surface area is 124 Å². The van der Waals surface area contributed by atoms with Crippen LogP contribution in [0.4, 0.5) is 0 Å². The molecule has 116 valence electrons. The smallest absolute Gasteiger partial charge is 0.339 e.